The molecule has 0 rings (SSSR count). The minimum absolute atomic E-state index is 0.0462. The first-order valence-electron chi connectivity index (χ1n) is 3.48. The SMILES string of the molecule is C=CC(C=C)O[Si]CCC. The van der Waals surface area contributed by atoms with Gasteiger partial charge < -0.3 is 4.43 Å². The van der Waals surface area contributed by atoms with Crippen molar-refractivity contribution in [2.75, 3.05) is 0 Å². The smallest absolute Gasteiger partial charge is 0.230 e. The fourth-order valence-corrected chi connectivity index (χ4v) is 1.16. The van der Waals surface area contributed by atoms with E-state index in [-0.39, 0.29) is 6.10 Å². The Morgan fingerprint density at radius 1 is 1.50 bits per heavy atom. The van der Waals surface area contributed by atoms with Crippen LogP contribution in [0.2, 0.25) is 6.04 Å². The normalized spacial score (nSPS) is 9.80. The molecule has 0 saturated heterocycles. The van der Waals surface area contributed by atoms with Gasteiger partial charge in [0.05, 0.1) is 6.10 Å². The van der Waals surface area contributed by atoms with Crippen LogP contribution in [-0.4, -0.2) is 15.9 Å². The minimum atomic E-state index is 0.0462. The lowest BCUT2D eigenvalue weighted by Crippen LogP contribution is -2.08. The average molecular weight is 154 g/mol. The topological polar surface area (TPSA) is 9.23 Å². The number of rotatable bonds is 6. The van der Waals surface area contributed by atoms with E-state index < -0.39 is 0 Å². The van der Waals surface area contributed by atoms with Gasteiger partial charge in [-0.1, -0.05) is 25.5 Å². The number of hydrogen-bond acceptors (Lipinski definition) is 1. The Morgan fingerprint density at radius 3 is 2.50 bits per heavy atom. The molecule has 0 aromatic rings. The Kier molecular flexibility index (Phi) is 6.54. The first kappa shape index (κ1) is 9.66. The first-order chi connectivity index (χ1) is 4.85. The van der Waals surface area contributed by atoms with Gasteiger partial charge in [-0.2, -0.15) is 0 Å². The Bertz CT molecular complexity index is 93.4. The molecule has 0 unspecified atom stereocenters. The standard InChI is InChI=1S/C8H14OSi/c1-4-7-10-9-8(5-2)6-3/h5-6,8H,2-4,7H2,1H3. The maximum Gasteiger partial charge on any atom is 0.230 e. The van der Waals surface area contributed by atoms with Gasteiger partial charge in [-0.25, -0.2) is 0 Å². The van der Waals surface area contributed by atoms with Crippen LogP contribution in [0.3, 0.4) is 0 Å². The van der Waals surface area contributed by atoms with Crippen molar-refractivity contribution < 1.29 is 4.43 Å². The van der Waals surface area contributed by atoms with Gasteiger partial charge in [0.1, 0.15) is 0 Å². The molecule has 0 N–H and O–H groups in total. The largest absolute Gasteiger partial charge is 0.408 e. The maximum absolute atomic E-state index is 5.37. The van der Waals surface area contributed by atoms with Crippen LogP contribution in [0.4, 0.5) is 0 Å². The molecule has 0 aromatic carbocycles. The van der Waals surface area contributed by atoms with E-state index in [0.29, 0.717) is 9.76 Å². The second kappa shape index (κ2) is 6.77. The zero-order valence-corrected chi connectivity index (χ0v) is 7.47. The molecule has 2 radical (unpaired) electrons. The fourth-order valence-electron chi connectivity index (χ4n) is 0.450. The molecule has 2 heteroatoms. The van der Waals surface area contributed by atoms with Crippen molar-refractivity contribution in [2.24, 2.45) is 0 Å². The molecule has 0 aliphatic carbocycles. The third kappa shape index (κ3) is 4.53. The molecular weight excluding hydrogens is 140 g/mol. The summed E-state index contributed by atoms with van der Waals surface area (Å²) < 4.78 is 5.37. The molecule has 0 fully saturated rings. The second-order valence-electron chi connectivity index (χ2n) is 1.95. The third-order valence-electron chi connectivity index (χ3n) is 1.04. The summed E-state index contributed by atoms with van der Waals surface area (Å²) in [5.41, 5.74) is 0. The molecule has 0 aliphatic heterocycles. The highest BCUT2D eigenvalue weighted by Crippen LogP contribution is 1.95. The molecule has 0 heterocycles. The van der Waals surface area contributed by atoms with Crippen molar-refractivity contribution in [3.63, 3.8) is 0 Å². The van der Waals surface area contributed by atoms with Crippen molar-refractivity contribution >= 4 is 9.76 Å². The Morgan fingerprint density at radius 2 is 2.10 bits per heavy atom. The Hall–Kier alpha value is -0.343. The van der Waals surface area contributed by atoms with Gasteiger partial charge in [0, 0.05) is 0 Å². The zero-order valence-electron chi connectivity index (χ0n) is 6.47. The molecule has 56 valence electrons. The lowest BCUT2D eigenvalue weighted by atomic mass is 10.4. The van der Waals surface area contributed by atoms with E-state index in [1.807, 2.05) is 0 Å². The summed E-state index contributed by atoms with van der Waals surface area (Å²) in [6.07, 6.45) is 4.75. The zero-order chi connectivity index (χ0) is 7.82. The molecule has 1 nitrogen and oxygen atoms in total. The highest BCUT2D eigenvalue weighted by molar-refractivity contribution is 6.27. The summed E-state index contributed by atoms with van der Waals surface area (Å²) in [7, 11) is 0.584. The maximum atomic E-state index is 5.37. The van der Waals surface area contributed by atoms with Gasteiger partial charge in [0.15, 0.2) is 0 Å². The molecule has 0 aliphatic rings. The van der Waals surface area contributed by atoms with E-state index in [1.165, 1.54) is 6.42 Å². The van der Waals surface area contributed by atoms with Gasteiger partial charge in [0.25, 0.3) is 0 Å². The predicted octanol–water partition coefficient (Wildman–Crippen LogP) is 2.19. The van der Waals surface area contributed by atoms with Gasteiger partial charge in [-0.05, 0) is 6.04 Å². The van der Waals surface area contributed by atoms with Crippen molar-refractivity contribution in [2.45, 2.75) is 25.5 Å². The highest BCUT2D eigenvalue weighted by Gasteiger charge is 1.96. The molecule has 0 bridgehead atoms. The van der Waals surface area contributed by atoms with Crippen LogP contribution in [-0.2, 0) is 4.43 Å². The van der Waals surface area contributed by atoms with Crippen LogP contribution in [0.5, 0.6) is 0 Å². The van der Waals surface area contributed by atoms with Crippen LogP contribution in [0.15, 0.2) is 25.3 Å². The molecule has 0 aromatic heterocycles. The summed E-state index contributed by atoms with van der Waals surface area (Å²) >= 11 is 0. The minimum Gasteiger partial charge on any atom is -0.408 e. The van der Waals surface area contributed by atoms with Gasteiger partial charge in [0.2, 0.25) is 9.76 Å². The second-order valence-corrected chi connectivity index (χ2v) is 2.97. The monoisotopic (exact) mass is 154 g/mol. The predicted molar refractivity (Wildman–Crippen MR) is 46.1 cm³/mol. The van der Waals surface area contributed by atoms with Crippen molar-refractivity contribution in [3.05, 3.63) is 25.3 Å². The van der Waals surface area contributed by atoms with Gasteiger partial charge in [-0.3, -0.25) is 0 Å². The summed E-state index contributed by atoms with van der Waals surface area (Å²) in [6, 6.07) is 1.14. The summed E-state index contributed by atoms with van der Waals surface area (Å²) in [5.74, 6) is 0. The molecule has 0 atom stereocenters. The summed E-state index contributed by atoms with van der Waals surface area (Å²) in [6.45, 7) is 9.38. The highest BCUT2D eigenvalue weighted by atomic mass is 28.2. The van der Waals surface area contributed by atoms with E-state index in [2.05, 4.69) is 20.1 Å². The van der Waals surface area contributed by atoms with Crippen LogP contribution in [0.25, 0.3) is 0 Å². The van der Waals surface area contributed by atoms with Crippen molar-refractivity contribution in [1.29, 1.82) is 0 Å². The van der Waals surface area contributed by atoms with E-state index in [9.17, 15) is 0 Å². The van der Waals surface area contributed by atoms with E-state index in [4.69, 9.17) is 4.43 Å². The van der Waals surface area contributed by atoms with Crippen LogP contribution < -0.4 is 0 Å². The van der Waals surface area contributed by atoms with Crippen LogP contribution in [0, 0.1) is 0 Å². The van der Waals surface area contributed by atoms with Gasteiger partial charge >= 0.3 is 0 Å². The number of hydrogen-bond donors (Lipinski definition) is 0. The third-order valence-corrected chi connectivity index (χ3v) is 2.18. The summed E-state index contributed by atoms with van der Waals surface area (Å²) in [4.78, 5) is 0. The first-order valence-corrected chi connectivity index (χ1v) is 4.60. The molecule has 0 amide bonds. The van der Waals surface area contributed by atoms with Crippen molar-refractivity contribution in [1.82, 2.24) is 0 Å². The van der Waals surface area contributed by atoms with E-state index in [1.54, 1.807) is 12.2 Å². The average Bonchev–Trinajstić information content (AvgIpc) is 1.99. The molecule has 10 heavy (non-hydrogen) atoms. The van der Waals surface area contributed by atoms with Gasteiger partial charge in [-0.15, -0.1) is 13.2 Å². The molecular formula is C8H14OSi. The van der Waals surface area contributed by atoms with E-state index >= 15 is 0 Å². The summed E-state index contributed by atoms with van der Waals surface area (Å²) in [5, 5.41) is 0. The molecule has 0 saturated carbocycles. The Balaban J connectivity index is 3.25. The van der Waals surface area contributed by atoms with Crippen LogP contribution in [0.1, 0.15) is 13.3 Å². The lowest BCUT2D eigenvalue weighted by molar-refractivity contribution is 0.313. The molecule has 0 spiro atoms. The van der Waals surface area contributed by atoms with E-state index in [0.717, 1.165) is 6.04 Å². The van der Waals surface area contributed by atoms with Crippen molar-refractivity contribution in [3.8, 4) is 0 Å². The fraction of sp³-hybridized carbons (Fsp3) is 0.500. The van der Waals surface area contributed by atoms with Crippen LogP contribution >= 0.6 is 0 Å². The Labute approximate surface area is 65.7 Å². The quantitative estimate of drug-likeness (QED) is 0.324. The lowest BCUT2D eigenvalue weighted by Gasteiger charge is -2.06.